The van der Waals surface area contributed by atoms with E-state index in [4.69, 9.17) is 4.74 Å². The van der Waals surface area contributed by atoms with Crippen molar-refractivity contribution in [3.8, 4) is 0 Å². The maximum absolute atomic E-state index is 12.6. The molecule has 0 bridgehead atoms. The van der Waals surface area contributed by atoms with Crippen LogP contribution in [0.2, 0.25) is 0 Å². The minimum absolute atomic E-state index is 0.0273. The molecule has 2 heterocycles. The van der Waals surface area contributed by atoms with Crippen LogP contribution in [0.25, 0.3) is 0 Å². The number of H-pyrrole nitrogens is 1. The van der Waals surface area contributed by atoms with E-state index in [1.54, 1.807) is 0 Å². The van der Waals surface area contributed by atoms with E-state index in [1.165, 1.54) is 25.1 Å². The molecule has 6 atom stereocenters. The first kappa shape index (κ1) is 29.1. The van der Waals surface area contributed by atoms with E-state index >= 15 is 0 Å². The standard InChI is InChI=1S/C19H25N3O13P2/c1-10(24)20-13-3-2-11(7-23)6-12(13)9-36(29,30)35-37(31,32)33-8-14-16(26)17(27)18(34-14)22-5-4-15(25)21-19(22)28/h2-6,14,16-18,23,26-27H,7-9H2,1H3,(H,20,24)(H,29,30)(H,31,32)(H,21,25,28)/t14-,16?,17+,18-/m1/s1. The molecule has 204 valence electrons. The number of nitrogens with one attached hydrogen (secondary N) is 2. The largest absolute Gasteiger partial charge is 0.479 e. The Hall–Kier alpha value is -2.49. The summed E-state index contributed by atoms with van der Waals surface area (Å²) < 4.78 is 40.2. The third kappa shape index (κ3) is 7.52. The van der Waals surface area contributed by atoms with E-state index in [9.17, 15) is 48.6 Å². The van der Waals surface area contributed by atoms with Crippen molar-refractivity contribution in [1.82, 2.24) is 9.55 Å². The maximum atomic E-state index is 12.6. The molecule has 1 aliphatic rings. The second-order valence-electron chi connectivity index (χ2n) is 8.04. The topological polar surface area (TPSA) is 247 Å². The highest BCUT2D eigenvalue weighted by Crippen LogP contribution is 2.61. The Labute approximate surface area is 208 Å². The van der Waals surface area contributed by atoms with E-state index in [0.717, 1.165) is 16.8 Å². The van der Waals surface area contributed by atoms with Gasteiger partial charge in [0.1, 0.15) is 18.3 Å². The van der Waals surface area contributed by atoms with Crippen LogP contribution >= 0.6 is 15.4 Å². The van der Waals surface area contributed by atoms with E-state index in [1.807, 2.05) is 4.98 Å². The quantitative estimate of drug-likeness (QED) is 0.173. The van der Waals surface area contributed by atoms with Crippen LogP contribution in [0, 0.1) is 0 Å². The number of phosphoric ester groups is 1. The number of hydrogen-bond donors (Lipinski definition) is 7. The van der Waals surface area contributed by atoms with Crippen LogP contribution in [-0.4, -0.2) is 65.5 Å². The van der Waals surface area contributed by atoms with Crippen molar-refractivity contribution in [2.75, 3.05) is 11.9 Å². The van der Waals surface area contributed by atoms with Gasteiger partial charge in [0, 0.05) is 24.9 Å². The van der Waals surface area contributed by atoms with Gasteiger partial charge in [-0.2, -0.15) is 0 Å². The smallest absolute Gasteiger partial charge is 0.392 e. The second-order valence-corrected chi connectivity index (χ2v) is 11.5. The van der Waals surface area contributed by atoms with Gasteiger partial charge in [-0.05, 0) is 17.2 Å². The van der Waals surface area contributed by atoms with Gasteiger partial charge < -0.3 is 35.2 Å². The first-order chi connectivity index (χ1) is 17.2. The number of aliphatic hydroxyl groups excluding tert-OH is 3. The van der Waals surface area contributed by atoms with Crippen LogP contribution in [0.4, 0.5) is 5.69 Å². The first-order valence-corrected chi connectivity index (χ1v) is 13.8. The summed E-state index contributed by atoms with van der Waals surface area (Å²) in [7, 11) is -10.2. The Bertz CT molecular complexity index is 1360. The lowest BCUT2D eigenvalue weighted by Gasteiger charge is -2.20. The van der Waals surface area contributed by atoms with E-state index < -0.39 is 76.5 Å². The zero-order valence-corrected chi connectivity index (χ0v) is 21.0. The number of aromatic nitrogens is 2. The van der Waals surface area contributed by atoms with Crippen molar-refractivity contribution in [2.24, 2.45) is 0 Å². The van der Waals surface area contributed by atoms with Gasteiger partial charge in [-0.1, -0.05) is 12.1 Å². The normalized spacial score (nSPS) is 24.8. The number of aromatic amines is 1. The summed E-state index contributed by atoms with van der Waals surface area (Å²) in [6, 6.07) is 5.08. The van der Waals surface area contributed by atoms with E-state index in [0.29, 0.717) is 5.56 Å². The summed E-state index contributed by atoms with van der Waals surface area (Å²) in [6.07, 6.45) is -6.22. The van der Waals surface area contributed by atoms with Crippen molar-refractivity contribution in [3.63, 3.8) is 0 Å². The number of rotatable bonds is 10. The number of amides is 1. The lowest BCUT2D eigenvalue weighted by atomic mass is 10.1. The maximum Gasteiger partial charge on any atom is 0.479 e. The molecule has 0 saturated carbocycles. The lowest BCUT2D eigenvalue weighted by molar-refractivity contribution is -0.114. The summed E-state index contributed by atoms with van der Waals surface area (Å²) in [5.74, 6) is -0.498. The average molecular weight is 565 g/mol. The number of benzene rings is 1. The molecular weight excluding hydrogens is 540 g/mol. The van der Waals surface area contributed by atoms with Gasteiger partial charge in [0.05, 0.1) is 19.4 Å². The highest BCUT2D eigenvalue weighted by Gasteiger charge is 2.45. The Morgan fingerprint density at radius 3 is 2.51 bits per heavy atom. The molecule has 1 aromatic carbocycles. The minimum Gasteiger partial charge on any atom is -0.392 e. The summed E-state index contributed by atoms with van der Waals surface area (Å²) in [4.78, 5) is 56.7. The van der Waals surface area contributed by atoms with Gasteiger partial charge in [0.2, 0.25) is 5.91 Å². The van der Waals surface area contributed by atoms with Crippen molar-refractivity contribution >= 4 is 27.0 Å². The Balaban J connectivity index is 1.68. The number of anilines is 1. The van der Waals surface area contributed by atoms with Crippen LogP contribution in [0.15, 0.2) is 40.1 Å². The molecule has 1 fully saturated rings. The Morgan fingerprint density at radius 1 is 1.19 bits per heavy atom. The van der Waals surface area contributed by atoms with Crippen LogP contribution in [0.1, 0.15) is 24.3 Å². The number of hydrogen-bond acceptors (Lipinski definition) is 11. The molecular formula is C19H25N3O13P2. The molecule has 7 N–H and O–H groups in total. The molecule has 0 radical (unpaired) electrons. The SMILES string of the molecule is CC(=O)Nc1ccc(CO)cc1CP(=O)(O)OP(=O)(O)OC[C@H]1O[C@@H](n2ccc(=O)[nH]c2=O)[C@@H](O)C1O. The Kier molecular flexibility index (Phi) is 9.03. The van der Waals surface area contributed by atoms with Crippen LogP contribution < -0.4 is 16.6 Å². The summed E-state index contributed by atoms with van der Waals surface area (Å²) in [6.45, 7) is -0.131. The fraction of sp³-hybridized carbons (Fsp3) is 0.421. The fourth-order valence-corrected chi connectivity index (χ4v) is 6.25. The number of phosphoric acid groups is 1. The predicted molar refractivity (Wildman–Crippen MR) is 124 cm³/mol. The van der Waals surface area contributed by atoms with Gasteiger partial charge in [-0.3, -0.25) is 28.2 Å². The monoisotopic (exact) mass is 565 g/mol. The average Bonchev–Trinajstić information content (AvgIpc) is 3.06. The summed E-state index contributed by atoms with van der Waals surface area (Å²) in [5, 5.41) is 32.1. The molecule has 0 aliphatic carbocycles. The summed E-state index contributed by atoms with van der Waals surface area (Å²) in [5.41, 5.74) is -1.20. The molecule has 16 nitrogen and oxygen atoms in total. The molecule has 3 rings (SSSR count). The molecule has 1 aromatic heterocycles. The van der Waals surface area contributed by atoms with Gasteiger partial charge in [-0.15, -0.1) is 0 Å². The van der Waals surface area contributed by atoms with E-state index in [2.05, 4.69) is 14.2 Å². The first-order valence-electron chi connectivity index (χ1n) is 10.5. The molecule has 1 amide bonds. The van der Waals surface area contributed by atoms with Crippen molar-refractivity contribution in [1.29, 1.82) is 0 Å². The van der Waals surface area contributed by atoms with E-state index in [-0.39, 0.29) is 11.3 Å². The van der Waals surface area contributed by atoms with Crippen molar-refractivity contribution in [2.45, 2.75) is 44.2 Å². The number of carbonyl (C=O) groups excluding carboxylic acids is 1. The number of aliphatic hydroxyl groups is 3. The summed E-state index contributed by atoms with van der Waals surface area (Å²) >= 11 is 0. The highest BCUT2D eigenvalue weighted by molar-refractivity contribution is 7.63. The second kappa shape index (κ2) is 11.5. The third-order valence-corrected chi connectivity index (χ3v) is 8.19. The molecule has 18 heteroatoms. The molecule has 37 heavy (non-hydrogen) atoms. The molecule has 1 saturated heterocycles. The number of ether oxygens (including phenoxy) is 1. The van der Waals surface area contributed by atoms with Crippen LogP contribution in [-0.2, 0) is 40.3 Å². The molecule has 0 spiro atoms. The number of carbonyl (C=O) groups is 1. The van der Waals surface area contributed by atoms with Crippen LogP contribution in [0.3, 0.4) is 0 Å². The van der Waals surface area contributed by atoms with Gasteiger partial charge in [-0.25, -0.2) is 13.7 Å². The van der Waals surface area contributed by atoms with Gasteiger partial charge >= 0.3 is 21.1 Å². The number of nitrogens with zero attached hydrogens (tertiary/aromatic N) is 1. The lowest BCUT2D eigenvalue weighted by Crippen LogP contribution is -2.37. The van der Waals surface area contributed by atoms with Gasteiger partial charge in [0.25, 0.3) is 5.56 Å². The highest BCUT2D eigenvalue weighted by atomic mass is 31.3. The fourth-order valence-electron chi connectivity index (χ4n) is 3.51. The Morgan fingerprint density at radius 2 is 1.89 bits per heavy atom. The van der Waals surface area contributed by atoms with Gasteiger partial charge in [0.15, 0.2) is 6.23 Å². The zero-order valence-electron chi connectivity index (χ0n) is 19.2. The predicted octanol–water partition coefficient (Wildman–Crippen LogP) is -0.874. The van der Waals surface area contributed by atoms with Crippen molar-refractivity contribution < 1.29 is 52.6 Å². The molecule has 3 unspecified atom stereocenters. The molecule has 2 aromatic rings. The third-order valence-electron chi connectivity index (χ3n) is 5.13. The van der Waals surface area contributed by atoms with Crippen molar-refractivity contribution in [3.05, 3.63) is 62.4 Å². The zero-order chi connectivity index (χ0) is 27.5. The minimum atomic E-state index is -5.26. The molecule has 1 aliphatic heterocycles. The van der Waals surface area contributed by atoms with Crippen LogP contribution in [0.5, 0.6) is 0 Å².